The first-order valence-corrected chi connectivity index (χ1v) is 7.12. The molecule has 1 aromatic rings. The highest BCUT2D eigenvalue weighted by molar-refractivity contribution is 9.10. The predicted octanol–water partition coefficient (Wildman–Crippen LogP) is 2.76. The molecule has 0 aliphatic carbocycles. The van der Waals surface area contributed by atoms with Crippen LogP contribution in [0, 0.1) is 18.8 Å². The van der Waals surface area contributed by atoms with Gasteiger partial charge in [0.2, 0.25) is 0 Å². The molecule has 3 heteroatoms. The van der Waals surface area contributed by atoms with Crippen molar-refractivity contribution in [3.05, 3.63) is 28.2 Å². The minimum atomic E-state index is 0.878. The molecule has 2 fully saturated rings. The lowest BCUT2D eigenvalue weighted by atomic mass is 10.0. The second-order valence-electron chi connectivity index (χ2n) is 5.58. The molecule has 0 amide bonds. The zero-order valence-electron chi connectivity index (χ0n) is 10.5. The Kier molecular flexibility index (Phi) is 2.91. The summed E-state index contributed by atoms with van der Waals surface area (Å²) in [5.74, 6) is 1.76. The van der Waals surface area contributed by atoms with E-state index >= 15 is 0 Å². The number of hydrogen-bond acceptors (Lipinski definition) is 2. The second-order valence-corrected chi connectivity index (χ2v) is 6.49. The molecule has 17 heavy (non-hydrogen) atoms. The van der Waals surface area contributed by atoms with Crippen molar-refractivity contribution in [2.75, 3.05) is 38.1 Å². The van der Waals surface area contributed by atoms with Crippen LogP contribution in [0.15, 0.2) is 22.7 Å². The number of anilines is 1. The maximum atomic E-state index is 3.54. The molecule has 2 unspecified atom stereocenters. The number of aryl methyl sites for hydroxylation is 1. The van der Waals surface area contributed by atoms with Crippen molar-refractivity contribution in [2.24, 2.45) is 11.8 Å². The van der Waals surface area contributed by atoms with Crippen LogP contribution in [-0.4, -0.2) is 38.1 Å². The van der Waals surface area contributed by atoms with E-state index in [2.05, 4.69) is 57.9 Å². The van der Waals surface area contributed by atoms with Gasteiger partial charge in [-0.3, -0.25) is 0 Å². The molecule has 0 saturated carbocycles. The molecule has 0 radical (unpaired) electrons. The fraction of sp³-hybridized carbons (Fsp3) is 0.571. The van der Waals surface area contributed by atoms with Crippen molar-refractivity contribution in [3.8, 4) is 0 Å². The minimum absolute atomic E-state index is 0.878. The van der Waals surface area contributed by atoms with Crippen molar-refractivity contribution in [2.45, 2.75) is 6.92 Å². The van der Waals surface area contributed by atoms with Crippen LogP contribution < -0.4 is 4.90 Å². The summed E-state index contributed by atoms with van der Waals surface area (Å²) in [4.78, 5) is 5.05. The topological polar surface area (TPSA) is 6.48 Å². The number of nitrogens with zero attached hydrogens (tertiary/aromatic N) is 2. The Labute approximate surface area is 112 Å². The van der Waals surface area contributed by atoms with Gasteiger partial charge < -0.3 is 9.80 Å². The highest BCUT2D eigenvalue weighted by Gasteiger charge is 2.38. The lowest BCUT2D eigenvalue weighted by Crippen LogP contribution is -2.27. The molecule has 0 spiro atoms. The summed E-state index contributed by atoms with van der Waals surface area (Å²) in [6.07, 6.45) is 0. The van der Waals surface area contributed by atoms with Gasteiger partial charge in [0.25, 0.3) is 0 Å². The van der Waals surface area contributed by atoms with Crippen LogP contribution in [0.3, 0.4) is 0 Å². The molecule has 2 saturated heterocycles. The Bertz CT molecular complexity index is 418. The monoisotopic (exact) mass is 294 g/mol. The molecule has 3 rings (SSSR count). The van der Waals surface area contributed by atoms with Gasteiger partial charge in [0.05, 0.1) is 0 Å². The fourth-order valence-electron chi connectivity index (χ4n) is 3.40. The van der Waals surface area contributed by atoms with Crippen molar-refractivity contribution >= 4 is 21.6 Å². The number of rotatable bonds is 1. The Balaban J connectivity index is 1.79. The van der Waals surface area contributed by atoms with E-state index in [0.29, 0.717) is 0 Å². The third-order valence-electron chi connectivity index (χ3n) is 4.17. The van der Waals surface area contributed by atoms with Gasteiger partial charge in [-0.05, 0) is 49.6 Å². The normalized spacial score (nSPS) is 28.8. The number of likely N-dealkylation sites (tertiary alicyclic amines) is 1. The summed E-state index contributed by atoms with van der Waals surface area (Å²) >= 11 is 3.54. The van der Waals surface area contributed by atoms with Crippen molar-refractivity contribution in [3.63, 3.8) is 0 Å². The first-order chi connectivity index (χ1) is 8.13. The van der Waals surface area contributed by atoms with Gasteiger partial charge in [-0.1, -0.05) is 15.9 Å². The van der Waals surface area contributed by atoms with Crippen LogP contribution in [0.4, 0.5) is 5.69 Å². The zero-order chi connectivity index (χ0) is 12.0. The maximum absolute atomic E-state index is 3.54. The maximum Gasteiger partial charge on any atom is 0.0396 e. The van der Waals surface area contributed by atoms with E-state index in [4.69, 9.17) is 0 Å². The first-order valence-electron chi connectivity index (χ1n) is 6.33. The second kappa shape index (κ2) is 4.29. The predicted molar refractivity (Wildman–Crippen MR) is 75.6 cm³/mol. The standard InChI is InChI=1S/C14H19BrN2/c1-10-5-13(15)3-4-14(10)17-8-11-6-16(2)7-12(11)9-17/h3-5,11-12H,6-9H2,1-2H3. The zero-order valence-corrected chi connectivity index (χ0v) is 12.1. The summed E-state index contributed by atoms with van der Waals surface area (Å²) in [6.45, 7) is 7.22. The summed E-state index contributed by atoms with van der Waals surface area (Å²) in [5, 5.41) is 0. The van der Waals surface area contributed by atoms with E-state index in [1.165, 1.54) is 41.9 Å². The summed E-state index contributed by atoms with van der Waals surface area (Å²) in [6, 6.07) is 6.63. The van der Waals surface area contributed by atoms with Crippen LogP contribution in [0.25, 0.3) is 0 Å². The molecule has 2 aliphatic heterocycles. The van der Waals surface area contributed by atoms with Gasteiger partial charge in [-0.2, -0.15) is 0 Å². The average Bonchev–Trinajstić information content (AvgIpc) is 2.74. The Hall–Kier alpha value is -0.540. The van der Waals surface area contributed by atoms with Gasteiger partial charge in [-0.25, -0.2) is 0 Å². The molecule has 92 valence electrons. The van der Waals surface area contributed by atoms with Crippen LogP contribution in [0.1, 0.15) is 5.56 Å². The van der Waals surface area contributed by atoms with Gasteiger partial charge in [-0.15, -0.1) is 0 Å². The fourth-order valence-corrected chi connectivity index (χ4v) is 3.87. The molecule has 2 atom stereocenters. The van der Waals surface area contributed by atoms with E-state index < -0.39 is 0 Å². The summed E-state index contributed by atoms with van der Waals surface area (Å²) in [7, 11) is 2.24. The number of halogens is 1. The van der Waals surface area contributed by atoms with Crippen LogP contribution in [0.2, 0.25) is 0 Å². The lowest BCUT2D eigenvalue weighted by Gasteiger charge is -2.23. The number of hydrogen-bond donors (Lipinski definition) is 0. The summed E-state index contributed by atoms with van der Waals surface area (Å²) < 4.78 is 1.18. The largest absolute Gasteiger partial charge is 0.371 e. The quantitative estimate of drug-likeness (QED) is 0.786. The Morgan fingerprint density at radius 2 is 1.76 bits per heavy atom. The number of fused-ring (bicyclic) bond motifs is 1. The Morgan fingerprint density at radius 1 is 1.12 bits per heavy atom. The van der Waals surface area contributed by atoms with Crippen molar-refractivity contribution in [1.82, 2.24) is 4.90 Å². The molecule has 0 aromatic heterocycles. The highest BCUT2D eigenvalue weighted by atomic mass is 79.9. The SMILES string of the molecule is Cc1cc(Br)ccc1N1CC2CN(C)CC2C1. The molecule has 2 nitrogen and oxygen atoms in total. The molecule has 2 heterocycles. The smallest absolute Gasteiger partial charge is 0.0396 e. The van der Waals surface area contributed by atoms with Gasteiger partial charge in [0, 0.05) is 36.3 Å². The van der Waals surface area contributed by atoms with Gasteiger partial charge >= 0.3 is 0 Å². The Morgan fingerprint density at radius 3 is 2.35 bits per heavy atom. The third-order valence-corrected chi connectivity index (χ3v) is 4.66. The molecule has 0 N–H and O–H groups in total. The molecule has 0 bridgehead atoms. The van der Waals surface area contributed by atoms with Gasteiger partial charge in [0.1, 0.15) is 0 Å². The van der Waals surface area contributed by atoms with Crippen LogP contribution in [0.5, 0.6) is 0 Å². The van der Waals surface area contributed by atoms with E-state index in [0.717, 1.165) is 11.8 Å². The molecular formula is C14H19BrN2. The molecule has 2 aliphatic rings. The van der Waals surface area contributed by atoms with Crippen LogP contribution in [-0.2, 0) is 0 Å². The van der Waals surface area contributed by atoms with Crippen molar-refractivity contribution < 1.29 is 0 Å². The lowest BCUT2D eigenvalue weighted by molar-refractivity contribution is 0.387. The molecule has 1 aromatic carbocycles. The highest BCUT2D eigenvalue weighted by Crippen LogP contribution is 2.35. The summed E-state index contributed by atoms with van der Waals surface area (Å²) in [5.41, 5.74) is 2.80. The average molecular weight is 295 g/mol. The number of benzene rings is 1. The first kappa shape index (κ1) is 11.5. The van der Waals surface area contributed by atoms with Crippen molar-refractivity contribution in [1.29, 1.82) is 0 Å². The molecular weight excluding hydrogens is 276 g/mol. The minimum Gasteiger partial charge on any atom is -0.371 e. The van der Waals surface area contributed by atoms with E-state index in [1.807, 2.05) is 0 Å². The van der Waals surface area contributed by atoms with Gasteiger partial charge in [0.15, 0.2) is 0 Å². The third kappa shape index (κ3) is 2.11. The van der Waals surface area contributed by atoms with E-state index in [-0.39, 0.29) is 0 Å². The van der Waals surface area contributed by atoms with E-state index in [1.54, 1.807) is 0 Å². The van der Waals surface area contributed by atoms with Crippen LogP contribution >= 0.6 is 15.9 Å². The van der Waals surface area contributed by atoms with E-state index in [9.17, 15) is 0 Å².